The van der Waals surface area contributed by atoms with Gasteiger partial charge in [-0.1, -0.05) is 6.92 Å². The Labute approximate surface area is 104 Å². The summed E-state index contributed by atoms with van der Waals surface area (Å²) < 4.78 is 0. The molecule has 2 rings (SSSR count). The number of hydrogen-bond acceptors (Lipinski definition) is 3. The monoisotopic (exact) mass is 233 g/mol. The van der Waals surface area contributed by atoms with E-state index < -0.39 is 0 Å². The number of likely N-dealkylation sites (N-methyl/N-ethyl adjacent to an activating group) is 1. The molecule has 94 valence electrons. The smallest absolute Gasteiger partial charge is 0.0494 e. The molecule has 1 aliphatic rings. The third-order valence-corrected chi connectivity index (χ3v) is 3.82. The Balaban J connectivity index is 2.06. The van der Waals surface area contributed by atoms with Gasteiger partial charge in [-0.15, -0.1) is 0 Å². The van der Waals surface area contributed by atoms with Crippen LogP contribution in [-0.2, 0) is 0 Å². The lowest BCUT2D eigenvalue weighted by atomic mass is 10.0. The van der Waals surface area contributed by atoms with Crippen molar-refractivity contribution in [1.29, 1.82) is 0 Å². The lowest BCUT2D eigenvalue weighted by Crippen LogP contribution is -2.38. The summed E-state index contributed by atoms with van der Waals surface area (Å²) in [6, 6.07) is 4.57. The molecule has 0 saturated heterocycles. The Morgan fingerprint density at radius 2 is 2.06 bits per heavy atom. The topological polar surface area (TPSA) is 42.1 Å². The molecule has 1 aromatic heterocycles. The lowest BCUT2D eigenvalue weighted by molar-refractivity contribution is 0.208. The van der Waals surface area contributed by atoms with Crippen LogP contribution in [0.3, 0.4) is 0 Å². The normalized spacial score (nSPS) is 26.9. The van der Waals surface area contributed by atoms with E-state index in [2.05, 4.69) is 42.9 Å². The number of nitrogens with two attached hydrogens (primary N) is 1. The first kappa shape index (κ1) is 12.5. The van der Waals surface area contributed by atoms with Crippen molar-refractivity contribution >= 4 is 0 Å². The van der Waals surface area contributed by atoms with Gasteiger partial charge in [0.1, 0.15) is 0 Å². The summed E-state index contributed by atoms with van der Waals surface area (Å²) in [5.74, 6) is 1.76. The van der Waals surface area contributed by atoms with Crippen molar-refractivity contribution in [2.45, 2.75) is 32.4 Å². The van der Waals surface area contributed by atoms with Crippen molar-refractivity contribution in [3.05, 3.63) is 30.1 Å². The van der Waals surface area contributed by atoms with Gasteiger partial charge in [0.05, 0.1) is 0 Å². The van der Waals surface area contributed by atoms with Crippen LogP contribution in [0.4, 0.5) is 0 Å². The van der Waals surface area contributed by atoms with Gasteiger partial charge < -0.3 is 5.73 Å². The number of aromatic nitrogens is 1. The zero-order valence-electron chi connectivity index (χ0n) is 11.0. The standard InChI is InChI=1S/C14H23N3/c1-10-8-13(10)9-17(3)14(11(2)15)12-4-6-16-7-5-12/h4-7,10-11,13-14H,8-9,15H2,1-3H3. The molecule has 1 heterocycles. The van der Waals surface area contributed by atoms with Gasteiger partial charge in [-0.2, -0.15) is 0 Å². The Morgan fingerprint density at radius 3 is 2.53 bits per heavy atom. The van der Waals surface area contributed by atoms with Gasteiger partial charge in [0.25, 0.3) is 0 Å². The van der Waals surface area contributed by atoms with E-state index in [-0.39, 0.29) is 6.04 Å². The van der Waals surface area contributed by atoms with Gasteiger partial charge in [0.15, 0.2) is 0 Å². The summed E-state index contributed by atoms with van der Waals surface area (Å²) in [7, 11) is 2.18. The molecule has 3 heteroatoms. The highest BCUT2D eigenvalue weighted by Gasteiger charge is 2.35. The number of nitrogens with zero attached hydrogens (tertiary/aromatic N) is 2. The molecule has 0 radical (unpaired) electrons. The Morgan fingerprint density at radius 1 is 1.47 bits per heavy atom. The van der Waals surface area contributed by atoms with Crippen LogP contribution in [0.25, 0.3) is 0 Å². The van der Waals surface area contributed by atoms with E-state index in [1.54, 1.807) is 0 Å². The average molecular weight is 233 g/mol. The molecule has 0 aliphatic heterocycles. The van der Waals surface area contributed by atoms with E-state index in [9.17, 15) is 0 Å². The molecule has 3 nitrogen and oxygen atoms in total. The van der Waals surface area contributed by atoms with Crippen LogP contribution in [0.1, 0.15) is 31.9 Å². The summed E-state index contributed by atoms with van der Waals surface area (Å²) >= 11 is 0. The summed E-state index contributed by atoms with van der Waals surface area (Å²) in [5.41, 5.74) is 7.41. The molecule has 0 spiro atoms. The zero-order valence-corrected chi connectivity index (χ0v) is 11.0. The highest BCUT2D eigenvalue weighted by molar-refractivity contribution is 5.17. The summed E-state index contributed by atoms with van der Waals surface area (Å²) in [5, 5.41) is 0. The van der Waals surface area contributed by atoms with E-state index in [0.29, 0.717) is 6.04 Å². The molecular weight excluding hydrogens is 210 g/mol. The quantitative estimate of drug-likeness (QED) is 0.846. The Kier molecular flexibility index (Phi) is 3.79. The maximum atomic E-state index is 6.14. The van der Waals surface area contributed by atoms with Crippen molar-refractivity contribution < 1.29 is 0 Å². The fraction of sp³-hybridized carbons (Fsp3) is 0.643. The van der Waals surface area contributed by atoms with Crippen LogP contribution >= 0.6 is 0 Å². The zero-order chi connectivity index (χ0) is 12.4. The van der Waals surface area contributed by atoms with Gasteiger partial charge in [0, 0.05) is 31.0 Å². The van der Waals surface area contributed by atoms with Crippen molar-refractivity contribution in [3.63, 3.8) is 0 Å². The van der Waals surface area contributed by atoms with Crippen LogP contribution < -0.4 is 5.73 Å². The first-order chi connectivity index (χ1) is 8.09. The van der Waals surface area contributed by atoms with E-state index in [1.807, 2.05) is 12.4 Å². The highest BCUT2D eigenvalue weighted by Crippen LogP contribution is 2.39. The van der Waals surface area contributed by atoms with E-state index in [1.165, 1.54) is 12.0 Å². The van der Waals surface area contributed by atoms with Crippen LogP contribution in [0.5, 0.6) is 0 Å². The maximum Gasteiger partial charge on any atom is 0.0494 e. The van der Waals surface area contributed by atoms with Crippen LogP contribution in [0, 0.1) is 11.8 Å². The van der Waals surface area contributed by atoms with Gasteiger partial charge in [0.2, 0.25) is 0 Å². The predicted molar refractivity (Wildman–Crippen MR) is 70.5 cm³/mol. The van der Waals surface area contributed by atoms with Crippen LogP contribution in [0.15, 0.2) is 24.5 Å². The van der Waals surface area contributed by atoms with E-state index in [4.69, 9.17) is 5.73 Å². The minimum atomic E-state index is 0.136. The van der Waals surface area contributed by atoms with Crippen molar-refractivity contribution in [2.75, 3.05) is 13.6 Å². The summed E-state index contributed by atoms with van der Waals surface area (Å²) in [6.45, 7) is 5.56. The maximum absolute atomic E-state index is 6.14. The molecule has 0 amide bonds. The molecule has 1 aromatic rings. The van der Waals surface area contributed by atoms with Gasteiger partial charge in [-0.25, -0.2) is 0 Å². The second-order valence-electron chi connectivity index (χ2n) is 5.50. The number of hydrogen-bond donors (Lipinski definition) is 1. The fourth-order valence-electron chi connectivity index (χ4n) is 2.66. The molecule has 4 atom stereocenters. The molecule has 17 heavy (non-hydrogen) atoms. The van der Waals surface area contributed by atoms with Crippen molar-refractivity contribution in [3.8, 4) is 0 Å². The third-order valence-electron chi connectivity index (χ3n) is 3.82. The molecule has 4 unspecified atom stereocenters. The Bertz CT molecular complexity index is 350. The minimum Gasteiger partial charge on any atom is -0.326 e. The lowest BCUT2D eigenvalue weighted by Gasteiger charge is -2.31. The minimum absolute atomic E-state index is 0.136. The average Bonchev–Trinajstić information content (AvgIpc) is 2.95. The van der Waals surface area contributed by atoms with Gasteiger partial charge in [-0.3, -0.25) is 9.88 Å². The van der Waals surface area contributed by atoms with Gasteiger partial charge >= 0.3 is 0 Å². The third kappa shape index (κ3) is 3.05. The predicted octanol–water partition coefficient (Wildman–Crippen LogP) is 2.06. The molecule has 0 aromatic carbocycles. The number of rotatable bonds is 5. The first-order valence-corrected chi connectivity index (χ1v) is 6.45. The molecular formula is C14H23N3. The molecule has 0 bridgehead atoms. The van der Waals surface area contributed by atoms with Gasteiger partial charge in [-0.05, 0) is 49.9 Å². The van der Waals surface area contributed by atoms with Crippen molar-refractivity contribution in [1.82, 2.24) is 9.88 Å². The SMILES string of the molecule is CC(N)C(c1ccncc1)N(C)CC1CC1C. The van der Waals surface area contributed by atoms with Crippen LogP contribution in [0.2, 0.25) is 0 Å². The summed E-state index contributed by atoms with van der Waals surface area (Å²) in [6.07, 6.45) is 5.06. The van der Waals surface area contributed by atoms with E-state index >= 15 is 0 Å². The summed E-state index contributed by atoms with van der Waals surface area (Å²) in [4.78, 5) is 6.47. The molecule has 1 aliphatic carbocycles. The van der Waals surface area contributed by atoms with Crippen LogP contribution in [-0.4, -0.2) is 29.5 Å². The Hall–Kier alpha value is -0.930. The first-order valence-electron chi connectivity index (χ1n) is 6.45. The van der Waals surface area contributed by atoms with Crippen molar-refractivity contribution in [2.24, 2.45) is 17.6 Å². The molecule has 1 fully saturated rings. The second-order valence-corrected chi connectivity index (χ2v) is 5.50. The van der Waals surface area contributed by atoms with E-state index in [0.717, 1.165) is 18.4 Å². The largest absolute Gasteiger partial charge is 0.326 e. The fourth-order valence-corrected chi connectivity index (χ4v) is 2.66. The highest BCUT2D eigenvalue weighted by atomic mass is 15.2. The number of pyridine rings is 1. The second kappa shape index (κ2) is 5.15. The molecule has 1 saturated carbocycles. The molecule has 2 N–H and O–H groups in total.